The van der Waals surface area contributed by atoms with E-state index in [1.165, 1.54) is 16.9 Å². The average Bonchev–Trinajstić information content (AvgIpc) is 3.02. The number of nitriles is 1. The fraction of sp³-hybridized carbons (Fsp3) is 0.250. The van der Waals surface area contributed by atoms with E-state index in [0.717, 1.165) is 27.8 Å². The molecular weight excluding hydrogens is 334 g/mol. The Balaban J connectivity index is 1.90. The van der Waals surface area contributed by atoms with Gasteiger partial charge in [0.25, 0.3) is 0 Å². The SMILES string of the molecule is N#CC(C(=O)c1cc2c(s1)CCC2)c1ccc(Br)cc1. The lowest BCUT2D eigenvalue weighted by atomic mass is 9.95. The summed E-state index contributed by atoms with van der Waals surface area (Å²) in [6.45, 7) is 0. The predicted molar refractivity (Wildman–Crippen MR) is 83.2 cm³/mol. The molecule has 0 saturated heterocycles. The minimum absolute atomic E-state index is 0.0748. The molecule has 1 unspecified atom stereocenters. The van der Waals surface area contributed by atoms with Crippen molar-refractivity contribution in [2.24, 2.45) is 0 Å². The van der Waals surface area contributed by atoms with Crippen molar-refractivity contribution < 1.29 is 4.79 Å². The average molecular weight is 346 g/mol. The van der Waals surface area contributed by atoms with Crippen molar-refractivity contribution >= 4 is 33.0 Å². The Morgan fingerprint density at radius 1 is 1.30 bits per heavy atom. The van der Waals surface area contributed by atoms with Crippen LogP contribution in [0, 0.1) is 11.3 Å². The summed E-state index contributed by atoms with van der Waals surface area (Å²) < 4.78 is 0.945. The highest BCUT2D eigenvalue weighted by atomic mass is 79.9. The van der Waals surface area contributed by atoms with Gasteiger partial charge in [-0.1, -0.05) is 28.1 Å². The first kappa shape index (κ1) is 13.5. The maximum atomic E-state index is 12.5. The summed E-state index contributed by atoms with van der Waals surface area (Å²) in [7, 11) is 0. The highest BCUT2D eigenvalue weighted by Gasteiger charge is 2.25. The fourth-order valence-electron chi connectivity index (χ4n) is 2.53. The number of aryl methyl sites for hydroxylation is 2. The maximum Gasteiger partial charge on any atom is 0.194 e. The van der Waals surface area contributed by atoms with Gasteiger partial charge >= 0.3 is 0 Å². The second kappa shape index (κ2) is 5.51. The van der Waals surface area contributed by atoms with Gasteiger partial charge in [0.15, 0.2) is 5.78 Å². The van der Waals surface area contributed by atoms with E-state index in [-0.39, 0.29) is 5.78 Å². The third-order valence-electron chi connectivity index (χ3n) is 3.58. The van der Waals surface area contributed by atoms with Crippen molar-refractivity contribution in [1.82, 2.24) is 0 Å². The van der Waals surface area contributed by atoms with Gasteiger partial charge in [-0.15, -0.1) is 11.3 Å². The minimum Gasteiger partial charge on any atom is -0.291 e. The second-order valence-corrected chi connectivity index (χ2v) is 6.94. The van der Waals surface area contributed by atoms with E-state index in [4.69, 9.17) is 0 Å². The number of fused-ring (bicyclic) bond motifs is 1. The van der Waals surface area contributed by atoms with Crippen LogP contribution in [0.3, 0.4) is 0 Å². The van der Waals surface area contributed by atoms with Gasteiger partial charge in [0.05, 0.1) is 10.9 Å². The van der Waals surface area contributed by atoms with Gasteiger partial charge in [0, 0.05) is 9.35 Å². The molecule has 1 atom stereocenters. The molecule has 1 aromatic heterocycles. The van der Waals surface area contributed by atoms with Crippen LogP contribution in [0.5, 0.6) is 0 Å². The number of halogens is 1. The predicted octanol–water partition coefficient (Wildman–Crippen LogP) is 4.49. The zero-order valence-electron chi connectivity index (χ0n) is 10.7. The van der Waals surface area contributed by atoms with Crippen LogP contribution in [-0.2, 0) is 12.8 Å². The largest absolute Gasteiger partial charge is 0.291 e. The van der Waals surface area contributed by atoms with Crippen molar-refractivity contribution in [2.75, 3.05) is 0 Å². The molecule has 1 heterocycles. The summed E-state index contributed by atoms with van der Waals surface area (Å²) in [5.41, 5.74) is 2.06. The van der Waals surface area contributed by atoms with Crippen molar-refractivity contribution in [3.8, 4) is 6.07 Å². The first-order valence-electron chi connectivity index (χ1n) is 6.50. The number of ketones is 1. The third-order valence-corrected chi connectivity index (χ3v) is 5.36. The maximum absolute atomic E-state index is 12.5. The van der Waals surface area contributed by atoms with Crippen LogP contribution in [-0.4, -0.2) is 5.78 Å². The lowest BCUT2D eigenvalue weighted by molar-refractivity contribution is 0.0982. The molecule has 1 aromatic carbocycles. The van der Waals surface area contributed by atoms with Crippen LogP contribution in [0.2, 0.25) is 0 Å². The first-order valence-corrected chi connectivity index (χ1v) is 8.11. The lowest BCUT2D eigenvalue weighted by Gasteiger charge is -2.07. The van der Waals surface area contributed by atoms with Crippen LogP contribution in [0.15, 0.2) is 34.8 Å². The fourth-order valence-corrected chi connectivity index (χ4v) is 4.02. The van der Waals surface area contributed by atoms with E-state index >= 15 is 0 Å². The quantitative estimate of drug-likeness (QED) is 0.769. The molecular formula is C16H12BrNOS. The Hall–Kier alpha value is -1.44. The third kappa shape index (κ3) is 2.44. The summed E-state index contributed by atoms with van der Waals surface area (Å²) in [4.78, 5) is 14.6. The molecule has 2 nitrogen and oxygen atoms in total. The van der Waals surface area contributed by atoms with E-state index < -0.39 is 5.92 Å². The Morgan fingerprint density at radius 2 is 2.05 bits per heavy atom. The molecule has 0 aliphatic heterocycles. The van der Waals surface area contributed by atoms with Gasteiger partial charge < -0.3 is 0 Å². The Labute approximate surface area is 130 Å². The van der Waals surface area contributed by atoms with Gasteiger partial charge in [-0.25, -0.2) is 0 Å². The molecule has 0 saturated carbocycles. The normalized spacial score (nSPS) is 14.6. The number of carbonyl (C=O) groups excluding carboxylic acids is 1. The zero-order valence-corrected chi connectivity index (χ0v) is 13.1. The standard InChI is InChI=1S/C16H12BrNOS/c17-12-6-4-10(5-7-12)13(9-18)16(19)15-8-11-2-1-3-14(11)20-15/h4-8,13H,1-3H2. The van der Waals surface area contributed by atoms with Gasteiger partial charge in [-0.3, -0.25) is 4.79 Å². The molecule has 1 aliphatic carbocycles. The molecule has 0 radical (unpaired) electrons. The Morgan fingerprint density at radius 3 is 2.70 bits per heavy atom. The van der Waals surface area contributed by atoms with Crippen LogP contribution in [0.4, 0.5) is 0 Å². The lowest BCUT2D eigenvalue weighted by Crippen LogP contribution is -2.09. The van der Waals surface area contributed by atoms with Crippen molar-refractivity contribution in [2.45, 2.75) is 25.2 Å². The number of hydrogen-bond acceptors (Lipinski definition) is 3. The van der Waals surface area contributed by atoms with Crippen LogP contribution in [0.25, 0.3) is 0 Å². The van der Waals surface area contributed by atoms with Gasteiger partial charge in [0.2, 0.25) is 0 Å². The summed E-state index contributed by atoms with van der Waals surface area (Å²) in [6, 6.07) is 11.5. The number of hydrogen-bond donors (Lipinski definition) is 0. The molecule has 0 spiro atoms. The summed E-state index contributed by atoms with van der Waals surface area (Å²) in [5.74, 6) is -0.781. The summed E-state index contributed by atoms with van der Waals surface area (Å²) in [6.07, 6.45) is 3.32. The van der Waals surface area contributed by atoms with Crippen molar-refractivity contribution in [3.05, 3.63) is 55.7 Å². The molecule has 0 bridgehead atoms. The van der Waals surface area contributed by atoms with Crippen molar-refractivity contribution in [1.29, 1.82) is 5.26 Å². The molecule has 4 heteroatoms. The Bertz CT molecular complexity index is 675. The topological polar surface area (TPSA) is 40.9 Å². The second-order valence-electron chi connectivity index (χ2n) is 4.89. The first-order chi connectivity index (χ1) is 9.69. The molecule has 2 aromatic rings. The molecule has 0 amide bonds. The van der Waals surface area contributed by atoms with Gasteiger partial charge in [0.1, 0.15) is 5.92 Å². The van der Waals surface area contributed by atoms with E-state index in [0.29, 0.717) is 0 Å². The highest BCUT2D eigenvalue weighted by molar-refractivity contribution is 9.10. The monoisotopic (exact) mass is 345 g/mol. The van der Waals surface area contributed by atoms with Gasteiger partial charge in [-0.2, -0.15) is 5.26 Å². The molecule has 3 rings (SSSR count). The molecule has 100 valence electrons. The van der Waals surface area contributed by atoms with E-state index in [9.17, 15) is 10.1 Å². The molecule has 20 heavy (non-hydrogen) atoms. The van der Waals surface area contributed by atoms with E-state index in [2.05, 4.69) is 22.0 Å². The molecule has 0 N–H and O–H groups in total. The molecule has 1 aliphatic rings. The smallest absolute Gasteiger partial charge is 0.194 e. The number of Topliss-reactive ketones (excluding diaryl/α,β-unsaturated/α-hetero) is 1. The van der Waals surface area contributed by atoms with Crippen LogP contribution >= 0.6 is 27.3 Å². The zero-order chi connectivity index (χ0) is 14.1. The summed E-state index contributed by atoms with van der Waals surface area (Å²) >= 11 is 4.92. The van der Waals surface area contributed by atoms with Crippen LogP contribution < -0.4 is 0 Å². The van der Waals surface area contributed by atoms with Crippen molar-refractivity contribution in [3.63, 3.8) is 0 Å². The Kier molecular flexibility index (Phi) is 3.73. The number of nitrogens with zero attached hydrogens (tertiary/aromatic N) is 1. The molecule has 0 fully saturated rings. The van der Waals surface area contributed by atoms with Gasteiger partial charge in [-0.05, 0) is 48.6 Å². The highest BCUT2D eigenvalue weighted by Crippen LogP contribution is 2.33. The van der Waals surface area contributed by atoms with E-state index in [1.807, 2.05) is 30.3 Å². The minimum atomic E-state index is -0.707. The number of rotatable bonds is 3. The summed E-state index contributed by atoms with van der Waals surface area (Å²) in [5, 5.41) is 9.35. The van der Waals surface area contributed by atoms with E-state index in [1.54, 1.807) is 11.3 Å². The van der Waals surface area contributed by atoms with Crippen LogP contribution in [0.1, 0.15) is 38.0 Å². The number of carbonyl (C=O) groups is 1. The number of thiophene rings is 1. The number of benzene rings is 1.